The van der Waals surface area contributed by atoms with Crippen molar-refractivity contribution in [3.05, 3.63) is 35.9 Å². The van der Waals surface area contributed by atoms with Gasteiger partial charge in [0.25, 0.3) is 0 Å². The summed E-state index contributed by atoms with van der Waals surface area (Å²) in [6.07, 6.45) is 0. The number of amides is 1. The number of nitrogens with one attached hydrogen (secondary N) is 1. The minimum absolute atomic E-state index is 0.0931. The van der Waals surface area contributed by atoms with Gasteiger partial charge in [-0.3, -0.25) is 4.79 Å². The van der Waals surface area contributed by atoms with Gasteiger partial charge in [0.2, 0.25) is 5.91 Å². The van der Waals surface area contributed by atoms with Gasteiger partial charge in [0.05, 0.1) is 12.5 Å². The van der Waals surface area contributed by atoms with Gasteiger partial charge in [-0.1, -0.05) is 37.3 Å². The van der Waals surface area contributed by atoms with Gasteiger partial charge in [0.1, 0.15) is 0 Å². The first-order valence-corrected chi connectivity index (χ1v) is 7.24. The summed E-state index contributed by atoms with van der Waals surface area (Å²) in [5.41, 5.74) is 1.16. The van der Waals surface area contributed by atoms with Crippen LogP contribution in [0, 0.1) is 11.8 Å². The molecule has 1 fully saturated rings. The number of hydrogen-bond donors (Lipinski definition) is 1. The number of carbonyl (C=O) groups is 1. The molecule has 110 valence electrons. The summed E-state index contributed by atoms with van der Waals surface area (Å²) in [6, 6.07) is 10.1. The molecule has 2 unspecified atom stereocenters. The third kappa shape index (κ3) is 3.81. The molecule has 0 bridgehead atoms. The summed E-state index contributed by atoms with van der Waals surface area (Å²) in [6.45, 7) is 5.74. The van der Waals surface area contributed by atoms with Crippen LogP contribution in [0.4, 0.5) is 0 Å². The van der Waals surface area contributed by atoms with E-state index < -0.39 is 0 Å². The summed E-state index contributed by atoms with van der Waals surface area (Å²) in [7, 11) is 1.67. The fourth-order valence-corrected chi connectivity index (χ4v) is 2.65. The van der Waals surface area contributed by atoms with Crippen molar-refractivity contribution in [2.24, 2.45) is 11.8 Å². The summed E-state index contributed by atoms with van der Waals surface area (Å²) < 4.78 is 5.14. The predicted octanol–water partition coefficient (Wildman–Crippen LogP) is 1.52. The highest BCUT2D eigenvalue weighted by Crippen LogP contribution is 2.19. The molecule has 2 atom stereocenters. The number of nitrogens with zero attached hydrogens (tertiary/aromatic N) is 1. The molecule has 0 saturated carbocycles. The Labute approximate surface area is 121 Å². The zero-order chi connectivity index (χ0) is 14.4. The predicted molar refractivity (Wildman–Crippen MR) is 79.3 cm³/mol. The lowest BCUT2D eigenvalue weighted by Gasteiger charge is -2.27. The van der Waals surface area contributed by atoms with Crippen LogP contribution in [-0.2, 0) is 16.1 Å². The third-order valence-electron chi connectivity index (χ3n) is 3.93. The first-order chi connectivity index (χ1) is 9.72. The van der Waals surface area contributed by atoms with Gasteiger partial charge in [-0.2, -0.15) is 0 Å². The molecule has 1 N–H and O–H groups in total. The molecule has 0 spiro atoms. The maximum Gasteiger partial charge on any atom is 0.227 e. The molecule has 1 aromatic rings. The van der Waals surface area contributed by atoms with Crippen molar-refractivity contribution in [1.82, 2.24) is 10.2 Å². The Kier molecular flexibility index (Phi) is 5.56. The van der Waals surface area contributed by atoms with Crippen molar-refractivity contribution in [2.75, 3.05) is 33.4 Å². The van der Waals surface area contributed by atoms with E-state index in [1.165, 1.54) is 0 Å². The van der Waals surface area contributed by atoms with E-state index >= 15 is 0 Å². The SMILES string of the molecule is COCCN(Cc1ccccc1)C(=O)C1CNCC1C. The maximum atomic E-state index is 12.7. The molecule has 20 heavy (non-hydrogen) atoms. The summed E-state index contributed by atoms with van der Waals surface area (Å²) >= 11 is 0. The van der Waals surface area contributed by atoms with Gasteiger partial charge in [-0.25, -0.2) is 0 Å². The molecule has 1 aliphatic heterocycles. The second-order valence-electron chi connectivity index (χ2n) is 5.48. The average Bonchev–Trinajstić information content (AvgIpc) is 2.90. The van der Waals surface area contributed by atoms with Gasteiger partial charge in [0.15, 0.2) is 0 Å². The zero-order valence-corrected chi connectivity index (χ0v) is 12.3. The quantitative estimate of drug-likeness (QED) is 0.856. The maximum absolute atomic E-state index is 12.7. The second-order valence-corrected chi connectivity index (χ2v) is 5.48. The summed E-state index contributed by atoms with van der Waals surface area (Å²) in [4.78, 5) is 14.6. The Bertz CT molecular complexity index is 422. The largest absolute Gasteiger partial charge is 0.383 e. The van der Waals surface area contributed by atoms with E-state index in [0.717, 1.165) is 18.7 Å². The number of rotatable bonds is 6. The monoisotopic (exact) mass is 276 g/mol. The van der Waals surface area contributed by atoms with Crippen LogP contribution in [0.1, 0.15) is 12.5 Å². The van der Waals surface area contributed by atoms with Crippen LogP contribution in [0.3, 0.4) is 0 Å². The van der Waals surface area contributed by atoms with E-state index in [-0.39, 0.29) is 11.8 Å². The van der Waals surface area contributed by atoms with Crippen molar-refractivity contribution < 1.29 is 9.53 Å². The van der Waals surface area contributed by atoms with Crippen LogP contribution < -0.4 is 5.32 Å². The molecule has 4 heteroatoms. The first kappa shape index (κ1) is 15.0. The Morgan fingerprint density at radius 2 is 2.10 bits per heavy atom. The molecule has 0 aromatic heterocycles. The number of benzene rings is 1. The Balaban J connectivity index is 2.04. The third-order valence-corrected chi connectivity index (χ3v) is 3.93. The standard InChI is InChI=1S/C16H24N2O2/c1-13-10-17-11-15(13)16(19)18(8-9-20-2)12-14-6-4-3-5-7-14/h3-7,13,15,17H,8-12H2,1-2H3. The number of ether oxygens (including phenoxy) is 1. The molecule has 2 rings (SSSR count). The van der Waals surface area contributed by atoms with E-state index in [0.29, 0.717) is 25.6 Å². The average molecular weight is 276 g/mol. The van der Waals surface area contributed by atoms with Crippen LogP contribution >= 0.6 is 0 Å². The van der Waals surface area contributed by atoms with E-state index in [1.54, 1.807) is 7.11 Å². The molecule has 1 aliphatic rings. The van der Waals surface area contributed by atoms with Crippen molar-refractivity contribution >= 4 is 5.91 Å². The van der Waals surface area contributed by atoms with Crippen molar-refractivity contribution in [3.63, 3.8) is 0 Å². The van der Waals surface area contributed by atoms with E-state index in [4.69, 9.17) is 4.74 Å². The molecule has 1 aromatic carbocycles. The topological polar surface area (TPSA) is 41.6 Å². The molecule has 1 saturated heterocycles. The highest BCUT2D eigenvalue weighted by molar-refractivity contribution is 5.79. The molecular formula is C16H24N2O2. The lowest BCUT2D eigenvalue weighted by atomic mass is 9.96. The molecule has 4 nitrogen and oxygen atoms in total. The normalized spacial score (nSPS) is 21.9. The minimum atomic E-state index is 0.0931. The van der Waals surface area contributed by atoms with Gasteiger partial charge >= 0.3 is 0 Å². The van der Waals surface area contributed by atoms with E-state index in [1.807, 2.05) is 23.1 Å². The highest BCUT2D eigenvalue weighted by Gasteiger charge is 2.32. The van der Waals surface area contributed by atoms with Gasteiger partial charge in [-0.05, 0) is 18.0 Å². The van der Waals surface area contributed by atoms with Crippen molar-refractivity contribution in [1.29, 1.82) is 0 Å². The van der Waals surface area contributed by atoms with Crippen molar-refractivity contribution in [2.45, 2.75) is 13.5 Å². The van der Waals surface area contributed by atoms with Gasteiger partial charge in [0, 0.05) is 26.7 Å². The number of hydrogen-bond acceptors (Lipinski definition) is 3. The van der Waals surface area contributed by atoms with Crippen molar-refractivity contribution in [3.8, 4) is 0 Å². The van der Waals surface area contributed by atoms with Crippen LogP contribution in [0.25, 0.3) is 0 Å². The smallest absolute Gasteiger partial charge is 0.227 e. The fraction of sp³-hybridized carbons (Fsp3) is 0.562. The Morgan fingerprint density at radius 3 is 2.70 bits per heavy atom. The Morgan fingerprint density at radius 1 is 1.35 bits per heavy atom. The van der Waals surface area contributed by atoms with Crippen LogP contribution in [0.2, 0.25) is 0 Å². The van der Waals surface area contributed by atoms with Gasteiger partial charge < -0.3 is 15.0 Å². The molecule has 1 amide bonds. The molecule has 0 radical (unpaired) electrons. The lowest BCUT2D eigenvalue weighted by molar-refractivity contribution is -0.137. The fourth-order valence-electron chi connectivity index (χ4n) is 2.65. The zero-order valence-electron chi connectivity index (χ0n) is 12.3. The second kappa shape index (κ2) is 7.41. The summed E-state index contributed by atoms with van der Waals surface area (Å²) in [5, 5.41) is 3.30. The van der Waals surface area contributed by atoms with Crippen LogP contribution in [0.5, 0.6) is 0 Å². The minimum Gasteiger partial charge on any atom is -0.383 e. The lowest BCUT2D eigenvalue weighted by Crippen LogP contribution is -2.40. The van der Waals surface area contributed by atoms with E-state index in [2.05, 4.69) is 24.4 Å². The number of methoxy groups -OCH3 is 1. The first-order valence-electron chi connectivity index (χ1n) is 7.24. The van der Waals surface area contributed by atoms with Gasteiger partial charge in [-0.15, -0.1) is 0 Å². The van der Waals surface area contributed by atoms with Crippen LogP contribution in [-0.4, -0.2) is 44.2 Å². The molecular weight excluding hydrogens is 252 g/mol. The van der Waals surface area contributed by atoms with E-state index in [9.17, 15) is 4.79 Å². The number of carbonyl (C=O) groups excluding carboxylic acids is 1. The van der Waals surface area contributed by atoms with Crippen LogP contribution in [0.15, 0.2) is 30.3 Å². The Hall–Kier alpha value is -1.39. The summed E-state index contributed by atoms with van der Waals surface area (Å²) in [5.74, 6) is 0.738. The highest BCUT2D eigenvalue weighted by atomic mass is 16.5. The molecule has 0 aliphatic carbocycles. The molecule has 1 heterocycles.